The first-order valence-corrected chi connectivity index (χ1v) is 4.75. The van der Waals surface area contributed by atoms with Crippen LogP contribution in [-0.2, 0) is 6.42 Å². The summed E-state index contributed by atoms with van der Waals surface area (Å²) in [6.07, 6.45) is 11.2. The van der Waals surface area contributed by atoms with E-state index < -0.39 is 0 Å². The minimum atomic E-state index is 1.13. The average Bonchev–Trinajstić information content (AvgIpc) is 2.14. The fourth-order valence-corrected chi connectivity index (χ4v) is 1.24. The normalized spacial score (nSPS) is 10.1. The van der Waals surface area contributed by atoms with Crippen molar-refractivity contribution in [3.8, 4) is 0 Å². The van der Waals surface area contributed by atoms with Gasteiger partial charge in [0.25, 0.3) is 0 Å². The van der Waals surface area contributed by atoms with Gasteiger partial charge < -0.3 is 0 Å². The fraction of sp³-hybridized carbons (Fsp3) is 0.545. The van der Waals surface area contributed by atoms with E-state index in [-0.39, 0.29) is 0 Å². The largest absolute Gasteiger partial charge is 0.254 e. The highest BCUT2D eigenvalue weighted by Crippen LogP contribution is 2.05. The molecule has 1 aromatic heterocycles. The Balaban J connectivity index is 2.16. The molecule has 0 bridgehead atoms. The number of aryl methyl sites for hydroxylation is 1. The Bertz CT molecular complexity index is 193. The molecule has 1 heterocycles. The van der Waals surface area contributed by atoms with Crippen LogP contribution in [-0.4, -0.2) is 4.98 Å². The van der Waals surface area contributed by atoms with Crippen molar-refractivity contribution < 1.29 is 0 Å². The number of hydrogen-bond donors (Lipinski definition) is 0. The second-order valence-electron chi connectivity index (χ2n) is 3.08. The molecule has 0 atom stereocenters. The molecule has 0 aliphatic rings. The first kappa shape index (κ1) is 9.24. The van der Waals surface area contributed by atoms with Gasteiger partial charge in [0.15, 0.2) is 0 Å². The lowest BCUT2D eigenvalue weighted by molar-refractivity contribution is 0.665. The summed E-state index contributed by atoms with van der Waals surface area (Å²) in [5, 5.41) is 0. The van der Waals surface area contributed by atoms with Crippen molar-refractivity contribution in [3.05, 3.63) is 30.1 Å². The third kappa shape index (κ3) is 3.51. The molecule has 0 saturated heterocycles. The maximum absolute atomic E-state index is 3.96. The lowest BCUT2D eigenvalue weighted by Crippen LogP contribution is -1.86. The molecule has 0 aliphatic heterocycles. The van der Waals surface area contributed by atoms with Gasteiger partial charge in [-0.2, -0.15) is 0 Å². The van der Waals surface area contributed by atoms with Gasteiger partial charge in [-0.1, -0.05) is 32.3 Å². The van der Waals surface area contributed by atoms with E-state index in [0.29, 0.717) is 0 Å². The van der Waals surface area contributed by atoms with Crippen molar-refractivity contribution in [2.24, 2.45) is 0 Å². The molecule has 1 rings (SSSR count). The Hall–Kier alpha value is -0.850. The molecule has 0 unspecified atom stereocenters. The molecule has 0 aliphatic carbocycles. The molecule has 0 aromatic carbocycles. The number of hydrogen-bond acceptors (Lipinski definition) is 1. The highest BCUT2D eigenvalue weighted by atomic mass is 14.6. The average molecular weight is 162 g/mol. The first-order chi connectivity index (χ1) is 5.93. The third-order valence-electron chi connectivity index (χ3n) is 1.97. The molecule has 12 heavy (non-hydrogen) atoms. The Kier molecular flexibility index (Phi) is 4.43. The molecule has 0 amide bonds. The van der Waals surface area contributed by atoms with Crippen LogP contribution in [0.1, 0.15) is 38.2 Å². The molecule has 1 nitrogen and oxygen atoms in total. The summed E-state index contributed by atoms with van der Waals surface area (Å²) < 4.78 is 0. The van der Waals surface area contributed by atoms with Crippen molar-refractivity contribution >= 4 is 0 Å². The molecule has 65 valence electrons. The van der Waals surface area contributed by atoms with Gasteiger partial charge in [-0.25, -0.2) is 0 Å². The zero-order valence-electron chi connectivity index (χ0n) is 7.71. The summed E-state index contributed by atoms with van der Waals surface area (Å²) in [5.74, 6) is 0. The lowest BCUT2D eigenvalue weighted by atomic mass is 10.1. The Labute approximate surface area is 74.8 Å². The third-order valence-corrected chi connectivity index (χ3v) is 1.97. The van der Waals surface area contributed by atoms with Crippen molar-refractivity contribution in [3.63, 3.8) is 0 Å². The van der Waals surface area contributed by atoms with Crippen LogP contribution in [0.25, 0.3) is 0 Å². The van der Waals surface area contributed by atoms with Crippen molar-refractivity contribution in [1.82, 2.24) is 4.98 Å². The first-order valence-electron chi connectivity index (χ1n) is 4.75. The second kappa shape index (κ2) is 5.76. The maximum atomic E-state index is 3.96. The van der Waals surface area contributed by atoms with E-state index in [0.717, 1.165) is 6.42 Å². The summed E-state index contributed by atoms with van der Waals surface area (Å²) >= 11 is 0. The van der Waals surface area contributed by atoms with Crippen LogP contribution in [0.15, 0.2) is 18.3 Å². The predicted molar refractivity (Wildman–Crippen MR) is 50.9 cm³/mol. The number of unbranched alkanes of at least 4 members (excludes halogenated alkanes) is 3. The summed E-state index contributed by atoms with van der Waals surface area (Å²) in [7, 11) is 0. The highest BCUT2D eigenvalue weighted by Gasteiger charge is 1.92. The molecular weight excluding hydrogens is 146 g/mol. The topological polar surface area (TPSA) is 12.9 Å². The molecule has 0 saturated carbocycles. The quantitative estimate of drug-likeness (QED) is 0.606. The van der Waals surface area contributed by atoms with Crippen LogP contribution in [0, 0.1) is 6.20 Å². The van der Waals surface area contributed by atoms with Crippen LogP contribution in [0.5, 0.6) is 0 Å². The van der Waals surface area contributed by atoms with E-state index in [1.54, 1.807) is 6.20 Å². The minimum absolute atomic E-state index is 1.13. The van der Waals surface area contributed by atoms with Gasteiger partial charge in [-0.05, 0) is 24.5 Å². The van der Waals surface area contributed by atoms with Crippen molar-refractivity contribution in [1.29, 1.82) is 0 Å². The highest BCUT2D eigenvalue weighted by molar-refractivity contribution is 5.06. The number of pyridine rings is 1. The van der Waals surface area contributed by atoms with Crippen LogP contribution in [0.4, 0.5) is 0 Å². The molecule has 1 heteroatoms. The molecule has 0 N–H and O–H groups in total. The van der Waals surface area contributed by atoms with Crippen LogP contribution < -0.4 is 0 Å². The van der Waals surface area contributed by atoms with Gasteiger partial charge in [-0.3, -0.25) is 4.98 Å². The SMILES string of the molecule is CCCCCCc1[c]nccc1. The van der Waals surface area contributed by atoms with Gasteiger partial charge in [0.05, 0.1) is 6.20 Å². The minimum Gasteiger partial charge on any atom is -0.254 e. The van der Waals surface area contributed by atoms with E-state index in [1.165, 1.54) is 31.2 Å². The van der Waals surface area contributed by atoms with E-state index in [2.05, 4.69) is 24.2 Å². The zero-order valence-corrected chi connectivity index (χ0v) is 7.71. The van der Waals surface area contributed by atoms with E-state index in [4.69, 9.17) is 0 Å². The summed E-state index contributed by atoms with van der Waals surface area (Å²) in [5.41, 5.74) is 1.24. The second-order valence-corrected chi connectivity index (χ2v) is 3.08. The Morgan fingerprint density at radius 1 is 1.33 bits per heavy atom. The molecule has 1 radical (unpaired) electrons. The summed E-state index contributed by atoms with van der Waals surface area (Å²) in [6, 6.07) is 4.07. The molecule has 0 spiro atoms. The fourth-order valence-electron chi connectivity index (χ4n) is 1.24. The van der Waals surface area contributed by atoms with E-state index in [9.17, 15) is 0 Å². The smallest absolute Gasteiger partial charge is 0.0920 e. The van der Waals surface area contributed by atoms with Gasteiger partial charge >= 0.3 is 0 Å². The van der Waals surface area contributed by atoms with Crippen molar-refractivity contribution in [2.75, 3.05) is 0 Å². The molecule has 1 aromatic rings. The van der Waals surface area contributed by atoms with Gasteiger partial charge in [0.2, 0.25) is 0 Å². The standard InChI is InChI=1S/C11H16N/c1-2-3-4-5-7-11-8-6-9-12-10-11/h6,8-9H,2-5,7H2,1H3. The number of rotatable bonds is 5. The number of aromatic nitrogens is 1. The lowest BCUT2D eigenvalue weighted by Gasteiger charge is -1.98. The summed E-state index contributed by atoms with van der Waals surface area (Å²) in [4.78, 5) is 3.96. The van der Waals surface area contributed by atoms with Crippen LogP contribution in [0.2, 0.25) is 0 Å². The van der Waals surface area contributed by atoms with Crippen LogP contribution in [0.3, 0.4) is 0 Å². The number of nitrogens with zero attached hydrogens (tertiary/aromatic N) is 1. The monoisotopic (exact) mass is 162 g/mol. The maximum Gasteiger partial charge on any atom is 0.0920 e. The molecular formula is C11H16N. The van der Waals surface area contributed by atoms with Gasteiger partial charge in [-0.15, -0.1) is 0 Å². The van der Waals surface area contributed by atoms with Crippen molar-refractivity contribution in [2.45, 2.75) is 39.0 Å². The van der Waals surface area contributed by atoms with E-state index >= 15 is 0 Å². The summed E-state index contributed by atoms with van der Waals surface area (Å²) in [6.45, 7) is 2.23. The predicted octanol–water partition coefficient (Wildman–Crippen LogP) is 3.00. The molecule has 0 fully saturated rings. The van der Waals surface area contributed by atoms with Gasteiger partial charge in [0.1, 0.15) is 0 Å². The van der Waals surface area contributed by atoms with E-state index in [1.807, 2.05) is 6.07 Å². The van der Waals surface area contributed by atoms with Gasteiger partial charge in [0, 0.05) is 6.20 Å². The van der Waals surface area contributed by atoms with Crippen LogP contribution >= 0.6 is 0 Å². The Morgan fingerprint density at radius 2 is 2.25 bits per heavy atom. The zero-order chi connectivity index (χ0) is 8.65. The Morgan fingerprint density at radius 3 is 2.92 bits per heavy atom.